The van der Waals surface area contributed by atoms with E-state index in [1.54, 1.807) is 14.0 Å². The van der Waals surface area contributed by atoms with E-state index >= 15 is 0 Å². The van der Waals surface area contributed by atoms with Crippen molar-refractivity contribution in [2.24, 2.45) is 0 Å². The average Bonchev–Trinajstić information content (AvgIpc) is 2.55. The molecule has 0 saturated carbocycles. The summed E-state index contributed by atoms with van der Waals surface area (Å²) >= 11 is 0. The summed E-state index contributed by atoms with van der Waals surface area (Å²) in [5, 5.41) is 2.83. The van der Waals surface area contributed by atoms with Crippen molar-refractivity contribution in [3.8, 4) is 0 Å². The van der Waals surface area contributed by atoms with Gasteiger partial charge in [-0.25, -0.2) is 13.2 Å². The smallest absolute Gasteiger partial charge is 0.168 e. The van der Waals surface area contributed by atoms with E-state index in [0.717, 1.165) is 0 Å². The summed E-state index contributed by atoms with van der Waals surface area (Å²) in [4.78, 5) is 2.73. The Morgan fingerprint density at radius 3 is 2.56 bits per heavy atom. The van der Waals surface area contributed by atoms with E-state index in [-0.39, 0.29) is 10.9 Å². The van der Waals surface area contributed by atoms with Crippen molar-refractivity contribution in [2.45, 2.75) is 13.5 Å². The van der Waals surface area contributed by atoms with Gasteiger partial charge in [0.1, 0.15) is 5.82 Å². The van der Waals surface area contributed by atoms with E-state index in [9.17, 15) is 13.2 Å². The zero-order chi connectivity index (χ0) is 11.9. The highest BCUT2D eigenvalue weighted by molar-refractivity contribution is 5.85. The first-order valence-electron chi connectivity index (χ1n) is 4.85. The minimum absolute atomic E-state index is 0.00986. The number of hydrogen-bond acceptors (Lipinski definition) is 1. The number of benzene rings is 1. The molecule has 1 aromatic heterocycles. The van der Waals surface area contributed by atoms with Gasteiger partial charge < -0.3 is 10.3 Å². The van der Waals surface area contributed by atoms with Crippen molar-refractivity contribution in [3.63, 3.8) is 0 Å². The van der Waals surface area contributed by atoms with E-state index in [1.165, 1.54) is 0 Å². The van der Waals surface area contributed by atoms with Gasteiger partial charge in [0.2, 0.25) is 0 Å². The Hall–Kier alpha value is -1.49. The molecule has 0 fully saturated rings. The summed E-state index contributed by atoms with van der Waals surface area (Å²) in [5.74, 6) is -2.95. The number of aromatic nitrogens is 1. The number of nitrogens with one attached hydrogen (secondary N) is 2. The maximum absolute atomic E-state index is 13.6. The molecule has 0 amide bonds. The summed E-state index contributed by atoms with van der Waals surface area (Å²) in [6.45, 7) is 2.05. The third-order valence-corrected chi connectivity index (χ3v) is 2.59. The number of hydrogen-bond donors (Lipinski definition) is 2. The molecule has 0 spiro atoms. The zero-order valence-corrected chi connectivity index (χ0v) is 8.92. The molecule has 2 nitrogen and oxygen atoms in total. The van der Waals surface area contributed by atoms with E-state index in [1.807, 2.05) is 0 Å². The minimum atomic E-state index is -1.17. The Kier molecular flexibility index (Phi) is 2.63. The van der Waals surface area contributed by atoms with Gasteiger partial charge in [0, 0.05) is 23.7 Å². The third-order valence-electron chi connectivity index (χ3n) is 2.59. The first-order chi connectivity index (χ1) is 7.56. The molecule has 0 radical (unpaired) electrons. The Bertz CT molecular complexity index is 546. The van der Waals surface area contributed by atoms with Gasteiger partial charge in [-0.15, -0.1) is 0 Å². The largest absolute Gasteiger partial charge is 0.356 e. The van der Waals surface area contributed by atoms with Gasteiger partial charge >= 0.3 is 0 Å². The van der Waals surface area contributed by atoms with Crippen LogP contribution in [-0.4, -0.2) is 12.0 Å². The number of rotatable bonds is 2. The molecule has 86 valence electrons. The lowest BCUT2D eigenvalue weighted by Gasteiger charge is -2.01. The van der Waals surface area contributed by atoms with Gasteiger partial charge in [0.05, 0.1) is 5.52 Å². The Morgan fingerprint density at radius 2 is 1.94 bits per heavy atom. The van der Waals surface area contributed by atoms with Crippen LogP contribution in [0.2, 0.25) is 0 Å². The fourth-order valence-corrected chi connectivity index (χ4v) is 1.85. The summed E-state index contributed by atoms with van der Waals surface area (Å²) in [6.07, 6.45) is 0. The van der Waals surface area contributed by atoms with Crippen molar-refractivity contribution < 1.29 is 13.2 Å². The standard InChI is InChI=1S/C11H11F3N2/c1-5-6(4-15-2)9-10(14)7(12)3-8(13)11(9)16-5/h3,15-16H,4H2,1-2H3. The van der Waals surface area contributed by atoms with Gasteiger partial charge in [-0.05, 0) is 19.5 Å². The molecule has 1 aromatic carbocycles. The predicted octanol–water partition coefficient (Wildman–Crippen LogP) is 2.61. The van der Waals surface area contributed by atoms with Crippen molar-refractivity contribution in [2.75, 3.05) is 7.05 Å². The van der Waals surface area contributed by atoms with Crippen molar-refractivity contribution in [1.82, 2.24) is 10.3 Å². The predicted molar refractivity (Wildman–Crippen MR) is 55.7 cm³/mol. The molecule has 0 atom stereocenters. The fraction of sp³-hybridized carbons (Fsp3) is 0.273. The Labute approximate surface area is 90.5 Å². The summed E-state index contributed by atoms with van der Waals surface area (Å²) in [6, 6.07) is 0.552. The molecule has 0 aliphatic heterocycles. The normalized spacial score (nSPS) is 11.3. The van der Waals surface area contributed by atoms with E-state index in [4.69, 9.17) is 0 Å². The molecule has 0 aliphatic carbocycles. The zero-order valence-electron chi connectivity index (χ0n) is 8.92. The lowest BCUT2D eigenvalue weighted by atomic mass is 10.1. The molecule has 2 aromatic rings. The molecule has 0 saturated heterocycles. The fourth-order valence-electron chi connectivity index (χ4n) is 1.85. The van der Waals surface area contributed by atoms with Crippen LogP contribution >= 0.6 is 0 Å². The molecule has 2 N–H and O–H groups in total. The van der Waals surface area contributed by atoms with Crippen LogP contribution in [0.4, 0.5) is 13.2 Å². The first-order valence-corrected chi connectivity index (χ1v) is 4.85. The van der Waals surface area contributed by atoms with Crippen LogP contribution in [0.1, 0.15) is 11.3 Å². The van der Waals surface area contributed by atoms with Gasteiger partial charge in [0.15, 0.2) is 11.6 Å². The van der Waals surface area contributed by atoms with Crippen LogP contribution in [0.25, 0.3) is 10.9 Å². The van der Waals surface area contributed by atoms with E-state index < -0.39 is 17.5 Å². The first kappa shape index (κ1) is 11.0. The molecular weight excluding hydrogens is 217 g/mol. The second-order valence-electron chi connectivity index (χ2n) is 3.66. The Morgan fingerprint density at radius 1 is 1.25 bits per heavy atom. The van der Waals surface area contributed by atoms with Gasteiger partial charge in [-0.3, -0.25) is 0 Å². The number of aryl methyl sites for hydroxylation is 1. The number of H-pyrrole nitrogens is 1. The molecular formula is C11H11F3N2. The van der Waals surface area contributed by atoms with E-state index in [2.05, 4.69) is 10.3 Å². The molecule has 2 rings (SSSR count). The van der Waals surface area contributed by atoms with Gasteiger partial charge in [0.25, 0.3) is 0 Å². The second-order valence-corrected chi connectivity index (χ2v) is 3.66. The van der Waals surface area contributed by atoms with Crippen molar-refractivity contribution in [3.05, 3.63) is 34.8 Å². The second kappa shape index (κ2) is 3.83. The number of aromatic amines is 1. The lowest BCUT2D eigenvalue weighted by molar-refractivity contribution is 0.505. The van der Waals surface area contributed by atoms with Crippen LogP contribution in [0.3, 0.4) is 0 Å². The molecule has 0 unspecified atom stereocenters. The molecule has 5 heteroatoms. The molecule has 1 heterocycles. The van der Waals surface area contributed by atoms with Crippen LogP contribution < -0.4 is 5.32 Å². The highest BCUT2D eigenvalue weighted by Crippen LogP contribution is 2.28. The SMILES string of the molecule is CNCc1c(C)[nH]c2c(F)cc(F)c(F)c12. The van der Waals surface area contributed by atoms with Gasteiger partial charge in [-0.1, -0.05) is 0 Å². The number of fused-ring (bicyclic) bond motifs is 1. The number of halogens is 3. The maximum Gasteiger partial charge on any atom is 0.168 e. The quantitative estimate of drug-likeness (QED) is 0.760. The van der Waals surface area contributed by atoms with Crippen LogP contribution in [0, 0.1) is 24.4 Å². The Balaban J connectivity index is 2.85. The minimum Gasteiger partial charge on any atom is -0.356 e. The molecule has 16 heavy (non-hydrogen) atoms. The van der Waals surface area contributed by atoms with Crippen LogP contribution in [0.5, 0.6) is 0 Å². The molecule has 0 aliphatic rings. The monoisotopic (exact) mass is 228 g/mol. The molecule has 0 bridgehead atoms. The summed E-state index contributed by atoms with van der Waals surface area (Å²) in [7, 11) is 1.69. The summed E-state index contributed by atoms with van der Waals surface area (Å²) in [5.41, 5.74) is 1.20. The highest BCUT2D eigenvalue weighted by atomic mass is 19.2. The third kappa shape index (κ3) is 1.48. The summed E-state index contributed by atoms with van der Waals surface area (Å²) < 4.78 is 40.1. The van der Waals surface area contributed by atoms with E-state index in [0.29, 0.717) is 23.9 Å². The van der Waals surface area contributed by atoms with Crippen LogP contribution in [-0.2, 0) is 6.54 Å². The highest BCUT2D eigenvalue weighted by Gasteiger charge is 2.18. The average molecular weight is 228 g/mol. The van der Waals surface area contributed by atoms with Crippen LogP contribution in [0.15, 0.2) is 6.07 Å². The van der Waals surface area contributed by atoms with Gasteiger partial charge in [-0.2, -0.15) is 0 Å². The van der Waals surface area contributed by atoms with Crippen molar-refractivity contribution >= 4 is 10.9 Å². The topological polar surface area (TPSA) is 27.8 Å². The maximum atomic E-state index is 13.6. The van der Waals surface area contributed by atoms with Crippen molar-refractivity contribution in [1.29, 1.82) is 0 Å². The lowest BCUT2D eigenvalue weighted by Crippen LogP contribution is -2.06.